The molecule has 0 radical (unpaired) electrons. The lowest BCUT2D eigenvalue weighted by molar-refractivity contribution is 0.0776. The van der Waals surface area contributed by atoms with Crippen LogP contribution < -0.4 is 10.7 Å². The van der Waals surface area contributed by atoms with Gasteiger partial charge in [-0.15, -0.1) is 0 Å². The maximum absolute atomic E-state index is 13.0. The second-order valence-electron chi connectivity index (χ2n) is 8.89. The van der Waals surface area contributed by atoms with Gasteiger partial charge in [0.25, 0.3) is 11.8 Å². The molecule has 28 heavy (non-hydrogen) atoms. The minimum atomic E-state index is -0.478. The summed E-state index contributed by atoms with van der Waals surface area (Å²) in [5.74, 6) is -0.0724. The topological polar surface area (TPSA) is 71.4 Å². The van der Waals surface area contributed by atoms with E-state index in [1.165, 1.54) is 6.42 Å². The van der Waals surface area contributed by atoms with Crippen molar-refractivity contribution < 1.29 is 9.59 Å². The Labute approximate surface area is 168 Å². The largest absolute Gasteiger partial charge is 0.352 e. The van der Waals surface area contributed by atoms with Crippen molar-refractivity contribution in [3.8, 4) is 0 Å². The van der Waals surface area contributed by atoms with Gasteiger partial charge in [0.1, 0.15) is 11.1 Å². The van der Waals surface area contributed by atoms with Crippen LogP contribution in [0.4, 0.5) is 0 Å². The molecule has 156 valence electrons. The van der Waals surface area contributed by atoms with E-state index in [4.69, 9.17) is 0 Å². The first-order valence-corrected chi connectivity index (χ1v) is 10.5. The van der Waals surface area contributed by atoms with Gasteiger partial charge in [-0.2, -0.15) is 0 Å². The number of nitrogens with one attached hydrogen (secondary N) is 1. The van der Waals surface area contributed by atoms with E-state index in [2.05, 4.69) is 19.2 Å². The molecule has 1 heterocycles. The first-order chi connectivity index (χ1) is 13.2. The molecule has 1 aromatic heterocycles. The molecule has 1 saturated carbocycles. The van der Waals surface area contributed by atoms with Gasteiger partial charge in [0.15, 0.2) is 0 Å². The zero-order chi connectivity index (χ0) is 20.8. The smallest absolute Gasteiger partial charge is 0.259 e. The number of carbonyl (C=O) groups is 2. The average molecular weight is 390 g/mol. The molecular weight excluding hydrogens is 354 g/mol. The maximum atomic E-state index is 13.0. The number of aromatic nitrogens is 1. The van der Waals surface area contributed by atoms with Crippen molar-refractivity contribution in [1.29, 1.82) is 0 Å². The fourth-order valence-electron chi connectivity index (χ4n) is 3.82. The van der Waals surface area contributed by atoms with Gasteiger partial charge in [-0.3, -0.25) is 14.4 Å². The molecule has 0 aromatic carbocycles. The Morgan fingerprint density at radius 2 is 1.68 bits per heavy atom. The van der Waals surface area contributed by atoms with Gasteiger partial charge >= 0.3 is 0 Å². The number of hydrogen-bond acceptors (Lipinski definition) is 3. The molecule has 1 N–H and O–H groups in total. The molecule has 0 unspecified atom stereocenters. The first kappa shape index (κ1) is 22.2. The number of amides is 2. The quantitative estimate of drug-likeness (QED) is 0.778. The molecule has 1 aliphatic rings. The highest BCUT2D eigenvalue weighted by Crippen LogP contribution is 2.17. The van der Waals surface area contributed by atoms with Crippen molar-refractivity contribution in [1.82, 2.24) is 14.8 Å². The Bertz CT molecular complexity index is 746. The summed E-state index contributed by atoms with van der Waals surface area (Å²) in [6.45, 7) is 9.36. The third-order valence-corrected chi connectivity index (χ3v) is 5.06. The van der Waals surface area contributed by atoms with Crippen LogP contribution in [-0.4, -0.2) is 40.9 Å². The van der Waals surface area contributed by atoms with E-state index >= 15 is 0 Å². The second kappa shape index (κ2) is 9.89. The highest BCUT2D eigenvalue weighted by Gasteiger charge is 2.24. The van der Waals surface area contributed by atoms with Gasteiger partial charge in [-0.25, -0.2) is 0 Å². The Hall–Kier alpha value is -2.11. The Kier molecular flexibility index (Phi) is 7.84. The lowest BCUT2D eigenvalue weighted by Gasteiger charge is -2.23. The minimum Gasteiger partial charge on any atom is -0.352 e. The molecule has 2 amide bonds. The monoisotopic (exact) mass is 389 g/mol. The van der Waals surface area contributed by atoms with Gasteiger partial charge in [0, 0.05) is 38.6 Å². The Balaban J connectivity index is 2.36. The fraction of sp³-hybridized carbons (Fsp3) is 0.682. The standard InChI is InChI=1S/C22H35N3O3/c1-15(2)11-24(5)22(28)19-14-25(12-16(3)4)13-18(20(19)26)21(27)23-17-9-7-6-8-10-17/h13-17H,6-12H2,1-5H3,(H,23,27). The van der Waals surface area contributed by atoms with Crippen molar-refractivity contribution in [2.75, 3.05) is 13.6 Å². The van der Waals surface area contributed by atoms with E-state index in [9.17, 15) is 14.4 Å². The SMILES string of the molecule is CC(C)CN(C)C(=O)c1cn(CC(C)C)cc(C(=O)NC2CCCCC2)c1=O. The molecule has 6 nitrogen and oxygen atoms in total. The van der Waals surface area contributed by atoms with E-state index in [1.54, 1.807) is 28.9 Å². The number of hydrogen-bond donors (Lipinski definition) is 1. The molecular formula is C22H35N3O3. The van der Waals surface area contributed by atoms with Gasteiger partial charge in [-0.1, -0.05) is 47.0 Å². The average Bonchev–Trinajstić information content (AvgIpc) is 2.62. The van der Waals surface area contributed by atoms with Crippen LogP contribution in [0.15, 0.2) is 17.2 Å². The highest BCUT2D eigenvalue weighted by atomic mass is 16.2. The van der Waals surface area contributed by atoms with E-state index < -0.39 is 5.43 Å². The van der Waals surface area contributed by atoms with Gasteiger partial charge in [-0.05, 0) is 24.7 Å². The summed E-state index contributed by atoms with van der Waals surface area (Å²) in [4.78, 5) is 40.3. The van der Waals surface area contributed by atoms with Crippen LogP contribution in [0.1, 0.15) is 80.5 Å². The molecule has 2 rings (SSSR count). The minimum absolute atomic E-state index is 0.0648. The van der Waals surface area contributed by atoms with Crippen LogP contribution in [0.2, 0.25) is 0 Å². The first-order valence-electron chi connectivity index (χ1n) is 10.5. The summed E-state index contributed by atoms with van der Waals surface area (Å²) in [6.07, 6.45) is 8.48. The summed E-state index contributed by atoms with van der Waals surface area (Å²) in [6, 6.07) is 0.113. The van der Waals surface area contributed by atoms with Crippen LogP contribution in [0.5, 0.6) is 0 Å². The second-order valence-corrected chi connectivity index (χ2v) is 8.89. The van der Waals surface area contributed by atoms with Crippen LogP contribution in [0.3, 0.4) is 0 Å². The molecule has 0 aliphatic heterocycles. The normalized spacial score (nSPS) is 15.1. The highest BCUT2D eigenvalue weighted by molar-refractivity contribution is 5.99. The fourth-order valence-corrected chi connectivity index (χ4v) is 3.82. The molecule has 0 saturated heterocycles. The Morgan fingerprint density at radius 3 is 2.25 bits per heavy atom. The molecule has 1 aromatic rings. The van der Waals surface area contributed by atoms with Crippen molar-refractivity contribution in [2.45, 2.75) is 72.4 Å². The third kappa shape index (κ3) is 5.94. The maximum Gasteiger partial charge on any atom is 0.259 e. The summed E-state index contributed by atoms with van der Waals surface area (Å²) < 4.78 is 1.80. The van der Waals surface area contributed by atoms with Crippen molar-refractivity contribution in [2.24, 2.45) is 11.8 Å². The van der Waals surface area contributed by atoms with Crippen molar-refractivity contribution >= 4 is 11.8 Å². The lowest BCUT2D eigenvalue weighted by atomic mass is 9.95. The van der Waals surface area contributed by atoms with Gasteiger partial charge in [0.2, 0.25) is 5.43 Å². The third-order valence-electron chi connectivity index (χ3n) is 5.06. The molecule has 0 bridgehead atoms. The van der Waals surface area contributed by atoms with Gasteiger partial charge < -0.3 is 14.8 Å². The lowest BCUT2D eigenvalue weighted by Crippen LogP contribution is -2.41. The van der Waals surface area contributed by atoms with E-state index in [1.807, 2.05) is 13.8 Å². The summed E-state index contributed by atoms with van der Waals surface area (Å²) >= 11 is 0. The predicted octanol–water partition coefficient (Wildman–Crippen LogP) is 3.29. The zero-order valence-corrected chi connectivity index (χ0v) is 18.0. The molecule has 1 fully saturated rings. The molecule has 1 aliphatic carbocycles. The van der Waals surface area contributed by atoms with E-state index in [0.29, 0.717) is 24.9 Å². The summed E-state index contributed by atoms with van der Waals surface area (Å²) in [7, 11) is 1.70. The zero-order valence-electron chi connectivity index (χ0n) is 18.0. The molecule has 0 atom stereocenters. The molecule has 0 spiro atoms. The number of carbonyl (C=O) groups excluding carboxylic acids is 2. The summed E-state index contributed by atoms with van der Waals surface area (Å²) in [5.41, 5.74) is -0.343. The van der Waals surface area contributed by atoms with Crippen LogP contribution >= 0.6 is 0 Å². The molecule has 6 heteroatoms. The number of pyridine rings is 1. The predicted molar refractivity (Wildman–Crippen MR) is 112 cm³/mol. The number of rotatable bonds is 7. The van der Waals surface area contributed by atoms with Crippen LogP contribution in [-0.2, 0) is 6.54 Å². The van der Waals surface area contributed by atoms with Crippen LogP contribution in [0.25, 0.3) is 0 Å². The van der Waals surface area contributed by atoms with Crippen molar-refractivity contribution in [3.63, 3.8) is 0 Å². The Morgan fingerprint density at radius 1 is 1.07 bits per heavy atom. The van der Waals surface area contributed by atoms with Crippen molar-refractivity contribution in [3.05, 3.63) is 33.7 Å². The van der Waals surface area contributed by atoms with Crippen LogP contribution in [0, 0.1) is 11.8 Å². The van der Waals surface area contributed by atoms with E-state index in [-0.39, 0.29) is 29.0 Å². The van der Waals surface area contributed by atoms with Gasteiger partial charge in [0.05, 0.1) is 0 Å². The van der Waals surface area contributed by atoms with E-state index in [0.717, 1.165) is 25.7 Å². The number of nitrogens with zero attached hydrogens (tertiary/aromatic N) is 2. The summed E-state index contributed by atoms with van der Waals surface area (Å²) in [5, 5.41) is 3.01.